The van der Waals surface area contributed by atoms with Gasteiger partial charge < -0.3 is 32.1 Å². The van der Waals surface area contributed by atoms with Gasteiger partial charge >= 0.3 is 0 Å². The number of aliphatic hydroxyl groups is 1. The van der Waals surface area contributed by atoms with Crippen LogP contribution in [0.3, 0.4) is 0 Å². The number of unbranched alkanes of at least 4 members (excludes halogenated alkanes) is 1. The Kier molecular flexibility index (Phi) is 13.7. The normalized spacial score (nSPS) is 15.0. The van der Waals surface area contributed by atoms with Gasteiger partial charge in [-0.2, -0.15) is 0 Å². The summed E-state index contributed by atoms with van der Waals surface area (Å²) in [7, 11) is 1.41. The second kappa shape index (κ2) is 14.7. The van der Waals surface area contributed by atoms with Gasteiger partial charge in [-0.1, -0.05) is 27.2 Å². The summed E-state index contributed by atoms with van der Waals surface area (Å²) in [6.07, 6.45) is 1.29. The van der Waals surface area contributed by atoms with E-state index in [1.807, 2.05) is 20.8 Å². The van der Waals surface area contributed by atoms with Gasteiger partial charge in [0.2, 0.25) is 23.6 Å². The van der Waals surface area contributed by atoms with Crippen molar-refractivity contribution in [1.29, 1.82) is 0 Å². The molecule has 0 aromatic rings. The molecule has 0 rings (SSSR count). The molecule has 0 aromatic heterocycles. The Labute approximate surface area is 179 Å². The first kappa shape index (κ1) is 27.8. The number of nitrogens with one attached hydrogen (secondary N) is 4. The molecule has 0 aliphatic carbocycles. The standard InChI is InChI=1S/C20H39N5O5/c1-6-7-10-23-14(8-9-16(21)27)18(28)24-15(11-12(2)3)19(29)25-17(13(4)26)20(30)22-5/h12-15,17,23,26H,6-11H2,1-5H3,(H2,21,27)(H,22,30)(H,24,28)(H,25,29)/t13-,14+,15+,17+/m1/s1. The predicted molar refractivity (Wildman–Crippen MR) is 114 cm³/mol. The van der Waals surface area contributed by atoms with Gasteiger partial charge in [0.15, 0.2) is 0 Å². The largest absolute Gasteiger partial charge is 0.391 e. The van der Waals surface area contributed by atoms with E-state index in [4.69, 9.17) is 5.73 Å². The number of aliphatic hydroxyl groups excluding tert-OH is 1. The highest BCUT2D eigenvalue weighted by Crippen LogP contribution is 2.08. The lowest BCUT2D eigenvalue weighted by molar-refractivity contribution is -0.134. The first-order chi connectivity index (χ1) is 14.0. The molecule has 0 radical (unpaired) electrons. The minimum absolute atomic E-state index is 0.0407. The summed E-state index contributed by atoms with van der Waals surface area (Å²) in [4.78, 5) is 48.7. The van der Waals surface area contributed by atoms with Crippen LogP contribution < -0.4 is 27.0 Å². The minimum Gasteiger partial charge on any atom is -0.391 e. The lowest BCUT2D eigenvalue weighted by atomic mass is 10.0. The molecule has 0 aromatic carbocycles. The van der Waals surface area contributed by atoms with E-state index in [-0.39, 0.29) is 18.8 Å². The number of hydrogen-bond donors (Lipinski definition) is 6. The zero-order valence-corrected chi connectivity index (χ0v) is 18.8. The summed E-state index contributed by atoms with van der Waals surface area (Å²) in [5.74, 6) is -1.93. The van der Waals surface area contributed by atoms with Crippen LogP contribution in [0.25, 0.3) is 0 Å². The molecule has 0 heterocycles. The van der Waals surface area contributed by atoms with Gasteiger partial charge in [0.25, 0.3) is 0 Å². The average molecular weight is 430 g/mol. The van der Waals surface area contributed by atoms with Crippen LogP contribution in [0.5, 0.6) is 0 Å². The molecule has 10 nitrogen and oxygen atoms in total. The van der Waals surface area contributed by atoms with E-state index in [9.17, 15) is 24.3 Å². The highest BCUT2D eigenvalue weighted by Gasteiger charge is 2.31. The molecule has 0 bridgehead atoms. The molecule has 0 spiro atoms. The Hall–Kier alpha value is -2.20. The fourth-order valence-electron chi connectivity index (χ4n) is 2.86. The van der Waals surface area contributed by atoms with Crippen molar-refractivity contribution in [3.8, 4) is 0 Å². The van der Waals surface area contributed by atoms with Crippen LogP contribution in [0.4, 0.5) is 0 Å². The van der Waals surface area contributed by atoms with E-state index >= 15 is 0 Å². The van der Waals surface area contributed by atoms with Crippen LogP contribution in [0.15, 0.2) is 0 Å². The number of rotatable bonds is 15. The van der Waals surface area contributed by atoms with E-state index in [1.54, 1.807) is 0 Å². The Bertz CT molecular complexity index is 568. The molecule has 0 aliphatic rings. The summed E-state index contributed by atoms with van der Waals surface area (Å²) < 4.78 is 0. The number of likely N-dealkylation sites (N-methyl/N-ethyl adjacent to an activating group) is 1. The molecule has 10 heteroatoms. The van der Waals surface area contributed by atoms with Crippen molar-refractivity contribution >= 4 is 23.6 Å². The first-order valence-electron chi connectivity index (χ1n) is 10.5. The van der Waals surface area contributed by atoms with Crippen LogP contribution in [0, 0.1) is 5.92 Å². The number of hydrogen-bond acceptors (Lipinski definition) is 6. The third kappa shape index (κ3) is 11.1. The van der Waals surface area contributed by atoms with Crippen LogP contribution >= 0.6 is 0 Å². The molecule has 0 unspecified atom stereocenters. The molecule has 174 valence electrons. The summed E-state index contributed by atoms with van der Waals surface area (Å²) in [6.45, 7) is 7.82. The average Bonchev–Trinajstić information content (AvgIpc) is 2.66. The lowest BCUT2D eigenvalue weighted by Crippen LogP contribution is -2.58. The van der Waals surface area contributed by atoms with Crippen LogP contribution in [0.1, 0.15) is 59.8 Å². The van der Waals surface area contributed by atoms with Crippen molar-refractivity contribution < 1.29 is 24.3 Å². The Morgan fingerprint density at radius 1 is 0.967 bits per heavy atom. The highest BCUT2D eigenvalue weighted by molar-refractivity contribution is 5.93. The fourth-order valence-corrected chi connectivity index (χ4v) is 2.86. The Morgan fingerprint density at radius 2 is 1.57 bits per heavy atom. The maximum atomic E-state index is 12.8. The number of nitrogens with two attached hydrogens (primary N) is 1. The Balaban J connectivity index is 5.32. The van der Waals surface area contributed by atoms with Gasteiger partial charge in [-0.05, 0) is 38.6 Å². The van der Waals surface area contributed by atoms with Gasteiger partial charge in [0, 0.05) is 13.5 Å². The molecule has 4 amide bonds. The van der Waals surface area contributed by atoms with Crippen LogP contribution in [-0.4, -0.2) is 66.6 Å². The summed E-state index contributed by atoms with van der Waals surface area (Å²) in [5, 5.41) is 20.5. The topological polar surface area (TPSA) is 163 Å². The predicted octanol–water partition coefficient (Wildman–Crippen LogP) is -0.847. The SMILES string of the molecule is CCCCN[C@@H](CCC(N)=O)C(=O)N[C@@H](CC(C)C)C(=O)N[C@H](C(=O)NC)[C@@H](C)O. The van der Waals surface area contributed by atoms with E-state index in [0.29, 0.717) is 13.0 Å². The summed E-state index contributed by atoms with van der Waals surface area (Å²) in [6, 6.07) is -2.70. The quantitative estimate of drug-likeness (QED) is 0.186. The summed E-state index contributed by atoms with van der Waals surface area (Å²) >= 11 is 0. The molecule has 0 saturated heterocycles. The third-order valence-corrected chi connectivity index (χ3v) is 4.57. The molecule has 4 atom stereocenters. The second-order valence-electron chi connectivity index (χ2n) is 7.90. The van der Waals surface area contributed by atoms with Crippen molar-refractivity contribution in [1.82, 2.24) is 21.3 Å². The number of amides is 4. The Morgan fingerprint density at radius 3 is 2.03 bits per heavy atom. The van der Waals surface area contributed by atoms with Crippen LogP contribution in [0.2, 0.25) is 0 Å². The highest BCUT2D eigenvalue weighted by atomic mass is 16.3. The maximum Gasteiger partial charge on any atom is 0.245 e. The minimum atomic E-state index is -1.14. The van der Waals surface area contributed by atoms with Gasteiger partial charge in [0.05, 0.1) is 12.1 Å². The van der Waals surface area contributed by atoms with Crippen molar-refractivity contribution in [2.75, 3.05) is 13.6 Å². The third-order valence-electron chi connectivity index (χ3n) is 4.57. The van der Waals surface area contributed by atoms with Gasteiger partial charge in [-0.25, -0.2) is 0 Å². The molecular formula is C20H39N5O5. The number of carbonyl (C=O) groups is 4. The molecule has 7 N–H and O–H groups in total. The van der Waals surface area contributed by atoms with Crippen molar-refractivity contribution in [2.24, 2.45) is 11.7 Å². The number of primary amides is 1. The van der Waals surface area contributed by atoms with E-state index in [2.05, 4.69) is 21.3 Å². The molecular weight excluding hydrogens is 390 g/mol. The zero-order valence-electron chi connectivity index (χ0n) is 18.8. The fraction of sp³-hybridized carbons (Fsp3) is 0.800. The van der Waals surface area contributed by atoms with E-state index in [1.165, 1.54) is 14.0 Å². The molecule has 0 fully saturated rings. The monoisotopic (exact) mass is 429 g/mol. The first-order valence-corrected chi connectivity index (χ1v) is 10.5. The molecule has 0 saturated carbocycles. The van der Waals surface area contributed by atoms with E-state index < -0.39 is 47.9 Å². The van der Waals surface area contributed by atoms with Gasteiger partial charge in [0.1, 0.15) is 12.1 Å². The van der Waals surface area contributed by atoms with Crippen molar-refractivity contribution in [3.05, 3.63) is 0 Å². The smallest absolute Gasteiger partial charge is 0.245 e. The lowest BCUT2D eigenvalue weighted by Gasteiger charge is -2.27. The van der Waals surface area contributed by atoms with Crippen molar-refractivity contribution in [3.63, 3.8) is 0 Å². The van der Waals surface area contributed by atoms with E-state index in [0.717, 1.165) is 12.8 Å². The maximum absolute atomic E-state index is 12.8. The molecule has 30 heavy (non-hydrogen) atoms. The number of carbonyl (C=O) groups excluding carboxylic acids is 4. The van der Waals surface area contributed by atoms with Crippen LogP contribution in [-0.2, 0) is 19.2 Å². The summed E-state index contributed by atoms with van der Waals surface area (Å²) in [5.41, 5.74) is 5.21. The van der Waals surface area contributed by atoms with Gasteiger partial charge in [-0.15, -0.1) is 0 Å². The van der Waals surface area contributed by atoms with Gasteiger partial charge in [-0.3, -0.25) is 19.2 Å². The van der Waals surface area contributed by atoms with Crippen molar-refractivity contribution in [2.45, 2.75) is 84.0 Å². The second-order valence-corrected chi connectivity index (χ2v) is 7.90. The zero-order chi connectivity index (χ0) is 23.3. The molecule has 0 aliphatic heterocycles.